The van der Waals surface area contributed by atoms with E-state index in [-0.39, 0.29) is 0 Å². The lowest BCUT2D eigenvalue weighted by Crippen LogP contribution is -2.33. The van der Waals surface area contributed by atoms with Crippen molar-refractivity contribution in [2.24, 2.45) is 5.92 Å². The zero-order chi connectivity index (χ0) is 9.00. The van der Waals surface area contributed by atoms with E-state index in [1.165, 1.54) is 11.1 Å². The summed E-state index contributed by atoms with van der Waals surface area (Å²) in [6.07, 6.45) is 0.784. The van der Waals surface area contributed by atoms with E-state index in [9.17, 15) is 4.79 Å². The second-order valence-electron chi connectivity index (χ2n) is 4.22. The minimum atomic E-state index is 0.317. The van der Waals surface area contributed by atoms with Gasteiger partial charge in [0.1, 0.15) is 5.78 Å². The minimum Gasteiger partial charge on any atom is -0.299 e. The molecule has 0 amide bonds. The summed E-state index contributed by atoms with van der Waals surface area (Å²) in [4.78, 5) is 11.4. The van der Waals surface area contributed by atoms with Gasteiger partial charge < -0.3 is 0 Å². The van der Waals surface area contributed by atoms with Crippen molar-refractivity contribution in [1.29, 1.82) is 0 Å². The number of benzene rings is 1. The van der Waals surface area contributed by atoms with Crippen molar-refractivity contribution >= 4 is 5.78 Å². The second kappa shape index (κ2) is 2.22. The number of carbonyl (C=O) groups is 1. The van der Waals surface area contributed by atoms with Crippen LogP contribution in [0.15, 0.2) is 24.3 Å². The molecule has 0 saturated heterocycles. The van der Waals surface area contributed by atoms with Gasteiger partial charge in [-0.1, -0.05) is 31.2 Å². The van der Waals surface area contributed by atoms with Crippen LogP contribution in [0.5, 0.6) is 0 Å². The maximum absolute atomic E-state index is 11.4. The van der Waals surface area contributed by atoms with E-state index in [0.29, 0.717) is 23.5 Å². The highest BCUT2D eigenvalue weighted by atomic mass is 16.1. The lowest BCUT2D eigenvalue weighted by molar-refractivity contribution is -0.131. The Labute approximate surface area is 77.8 Å². The van der Waals surface area contributed by atoms with Gasteiger partial charge in [0.05, 0.1) is 0 Å². The fourth-order valence-corrected chi connectivity index (χ4v) is 2.93. The van der Waals surface area contributed by atoms with Crippen molar-refractivity contribution < 1.29 is 4.79 Å². The Morgan fingerprint density at radius 3 is 2.62 bits per heavy atom. The van der Waals surface area contributed by atoms with Crippen LogP contribution in [0.3, 0.4) is 0 Å². The summed E-state index contributed by atoms with van der Waals surface area (Å²) in [5.41, 5.74) is 2.84. The van der Waals surface area contributed by atoms with Crippen LogP contribution in [0.4, 0.5) is 0 Å². The zero-order valence-electron chi connectivity index (χ0n) is 7.66. The largest absolute Gasteiger partial charge is 0.299 e. The highest BCUT2D eigenvalue weighted by Crippen LogP contribution is 2.55. The molecule has 0 spiro atoms. The van der Waals surface area contributed by atoms with Gasteiger partial charge in [-0.2, -0.15) is 0 Å². The molecule has 1 nitrogen and oxygen atoms in total. The average Bonchev–Trinajstić information content (AvgIpc) is 2.35. The monoisotopic (exact) mass is 172 g/mol. The normalized spacial score (nSPS) is 35.2. The van der Waals surface area contributed by atoms with E-state index < -0.39 is 0 Å². The first-order chi connectivity index (χ1) is 6.29. The summed E-state index contributed by atoms with van der Waals surface area (Å²) in [7, 11) is 0. The zero-order valence-corrected chi connectivity index (χ0v) is 7.66. The number of hydrogen-bond donors (Lipinski definition) is 0. The third-order valence-electron chi connectivity index (χ3n) is 3.65. The molecule has 66 valence electrons. The van der Waals surface area contributed by atoms with Gasteiger partial charge in [-0.05, 0) is 17.0 Å². The molecule has 0 aromatic heterocycles. The lowest BCUT2D eigenvalue weighted by atomic mass is 9.70. The van der Waals surface area contributed by atoms with Gasteiger partial charge in [-0.15, -0.1) is 0 Å². The SMILES string of the molecule is CC1c2ccccc2C2CC(=O)C12. The number of Topliss-reactive ketones (excluding diaryl/α,β-unsaturated/α-hetero) is 1. The molecule has 0 aliphatic heterocycles. The minimum absolute atomic E-state index is 0.317. The van der Waals surface area contributed by atoms with Crippen LogP contribution in [-0.2, 0) is 4.79 Å². The third-order valence-corrected chi connectivity index (χ3v) is 3.65. The second-order valence-corrected chi connectivity index (χ2v) is 4.22. The topological polar surface area (TPSA) is 17.1 Å². The van der Waals surface area contributed by atoms with Crippen LogP contribution in [-0.4, -0.2) is 5.78 Å². The molecule has 1 aromatic rings. The van der Waals surface area contributed by atoms with Crippen LogP contribution in [0.2, 0.25) is 0 Å². The van der Waals surface area contributed by atoms with E-state index in [0.717, 1.165) is 6.42 Å². The highest BCUT2D eigenvalue weighted by molar-refractivity contribution is 5.92. The Morgan fingerprint density at radius 1 is 1.23 bits per heavy atom. The molecular formula is C12H12O. The predicted octanol–water partition coefficient (Wildman–Crippen LogP) is 2.48. The molecule has 1 heteroatoms. The van der Waals surface area contributed by atoms with E-state index in [1.54, 1.807) is 0 Å². The summed E-state index contributed by atoms with van der Waals surface area (Å²) >= 11 is 0. The predicted molar refractivity (Wildman–Crippen MR) is 50.7 cm³/mol. The van der Waals surface area contributed by atoms with Gasteiger partial charge in [0.15, 0.2) is 0 Å². The molecule has 3 atom stereocenters. The first-order valence-corrected chi connectivity index (χ1v) is 4.90. The Hall–Kier alpha value is -1.11. The Morgan fingerprint density at radius 2 is 1.92 bits per heavy atom. The average molecular weight is 172 g/mol. The van der Waals surface area contributed by atoms with Gasteiger partial charge in [0, 0.05) is 18.3 Å². The van der Waals surface area contributed by atoms with Gasteiger partial charge >= 0.3 is 0 Å². The fourth-order valence-electron chi connectivity index (χ4n) is 2.93. The fraction of sp³-hybridized carbons (Fsp3) is 0.417. The maximum atomic E-state index is 11.4. The summed E-state index contributed by atoms with van der Waals surface area (Å²) < 4.78 is 0. The van der Waals surface area contributed by atoms with E-state index in [2.05, 4.69) is 31.2 Å². The van der Waals surface area contributed by atoms with Crippen LogP contribution in [0.1, 0.15) is 36.3 Å². The molecule has 13 heavy (non-hydrogen) atoms. The van der Waals surface area contributed by atoms with Crippen molar-refractivity contribution in [3.8, 4) is 0 Å². The summed E-state index contributed by atoms with van der Waals surface area (Å²) in [5.74, 6) is 1.80. The maximum Gasteiger partial charge on any atom is 0.137 e. The van der Waals surface area contributed by atoms with Crippen LogP contribution in [0, 0.1) is 5.92 Å². The molecule has 0 radical (unpaired) electrons. The Balaban J connectivity index is 2.15. The van der Waals surface area contributed by atoms with Crippen LogP contribution >= 0.6 is 0 Å². The number of fused-ring (bicyclic) bond motifs is 3. The van der Waals surface area contributed by atoms with Gasteiger partial charge in [-0.25, -0.2) is 0 Å². The summed E-state index contributed by atoms with van der Waals surface area (Å²) in [6, 6.07) is 8.51. The van der Waals surface area contributed by atoms with Crippen molar-refractivity contribution in [3.63, 3.8) is 0 Å². The molecule has 0 N–H and O–H groups in total. The van der Waals surface area contributed by atoms with Crippen LogP contribution in [0.25, 0.3) is 0 Å². The number of ketones is 1. The van der Waals surface area contributed by atoms with Crippen molar-refractivity contribution in [3.05, 3.63) is 35.4 Å². The third kappa shape index (κ3) is 0.749. The molecule has 0 heterocycles. The first-order valence-electron chi connectivity index (χ1n) is 4.90. The van der Waals surface area contributed by atoms with Gasteiger partial charge in [-0.3, -0.25) is 4.79 Å². The first kappa shape index (κ1) is 7.31. The number of hydrogen-bond acceptors (Lipinski definition) is 1. The number of carbonyl (C=O) groups excluding carboxylic acids is 1. The van der Waals surface area contributed by atoms with Crippen molar-refractivity contribution in [1.82, 2.24) is 0 Å². The molecule has 0 bridgehead atoms. The molecule has 2 aliphatic carbocycles. The van der Waals surface area contributed by atoms with E-state index in [4.69, 9.17) is 0 Å². The van der Waals surface area contributed by atoms with Crippen molar-refractivity contribution in [2.75, 3.05) is 0 Å². The molecule has 1 fully saturated rings. The molecular weight excluding hydrogens is 160 g/mol. The number of rotatable bonds is 0. The molecule has 1 aromatic carbocycles. The Bertz CT molecular complexity index is 355. The Kier molecular flexibility index (Phi) is 1.25. The standard InChI is InChI=1S/C12H12O/c1-7-8-4-2-3-5-9(8)10-6-11(13)12(7)10/h2-5,7,10,12H,6H2,1H3. The van der Waals surface area contributed by atoms with E-state index >= 15 is 0 Å². The highest BCUT2D eigenvalue weighted by Gasteiger charge is 2.49. The summed E-state index contributed by atoms with van der Waals surface area (Å²) in [6.45, 7) is 2.18. The molecule has 2 aliphatic rings. The van der Waals surface area contributed by atoms with Gasteiger partial charge in [0.2, 0.25) is 0 Å². The smallest absolute Gasteiger partial charge is 0.137 e. The van der Waals surface area contributed by atoms with E-state index in [1.807, 2.05) is 0 Å². The quantitative estimate of drug-likeness (QED) is 0.587. The van der Waals surface area contributed by atoms with Crippen LogP contribution < -0.4 is 0 Å². The molecule has 1 saturated carbocycles. The van der Waals surface area contributed by atoms with Gasteiger partial charge in [0.25, 0.3) is 0 Å². The molecule has 3 rings (SSSR count). The van der Waals surface area contributed by atoms with Crippen molar-refractivity contribution in [2.45, 2.75) is 25.2 Å². The summed E-state index contributed by atoms with van der Waals surface area (Å²) in [5, 5.41) is 0. The lowest BCUT2D eigenvalue weighted by Gasteiger charge is -2.31. The molecule has 3 unspecified atom stereocenters.